The molecule has 0 bridgehead atoms. The second-order valence-corrected chi connectivity index (χ2v) is 8.85. The highest BCUT2D eigenvalue weighted by molar-refractivity contribution is 6.31. The van der Waals surface area contributed by atoms with Crippen LogP contribution in [0.4, 0.5) is 0 Å². The Labute approximate surface area is 197 Å². The minimum atomic E-state index is 0.533. The summed E-state index contributed by atoms with van der Waals surface area (Å²) in [4.78, 5) is 0. The fraction of sp³-hybridized carbons (Fsp3) is 0.269. The highest BCUT2D eigenvalue weighted by Gasteiger charge is 2.16. The number of aryl methyl sites for hydroxylation is 4. The van der Waals surface area contributed by atoms with E-state index < -0.39 is 0 Å². The number of halogens is 1. The summed E-state index contributed by atoms with van der Waals surface area (Å²) in [5.74, 6) is 1.12. The highest BCUT2D eigenvalue weighted by atomic mass is 35.5. The molecule has 0 spiro atoms. The normalized spacial score (nSPS) is 11.5. The first kappa shape index (κ1) is 21.5. The molecule has 0 fully saturated rings. The smallest absolute Gasteiger partial charge is 0.247 e. The van der Waals surface area contributed by atoms with Crippen LogP contribution in [0.15, 0.2) is 52.9 Å². The molecule has 0 N–H and O–H groups in total. The summed E-state index contributed by atoms with van der Waals surface area (Å²) in [6, 6.07) is 16.9. The van der Waals surface area contributed by atoms with Gasteiger partial charge >= 0.3 is 0 Å². The van der Waals surface area contributed by atoms with Crippen LogP contribution in [-0.2, 0) is 19.5 Å². The zero-order valence-electron chi connectivity index (χ0n) is 19.3. The Morgan fingerprint density at radius 2 is 1.73 bits per heavy atom. The summed E-state index contributed by atoms with van der Waals surface area (Å²) in [6.07, 6.45) is 0.596. The van der Waals surface area contributed by atoms with Gasteiger partial charge in [-0.3, -0.25) is 4.68 Å². The molecule has 5 rings (SSSR count). The van der Waals surface area contributed by atoms with Crippen LogP contribution in [0.1, 0.15) is 34.1 Å². The van der Waals surface area contributed by atoms with Gasteiger partial charge < -0.3 is 8.98 Å². The fourth-order valence-electron chi connectivity index (χ4n) is 4.32. The molecule has 7 heteroatoms. The zero-order valence-corrected chi connectivity index (χ0v) is 20.0. The number of hydrogen-bond donors (Lipinski definition) is 0. The van der Waals surface area contributed by atoms with E-state index in [1.165, 1.54) is 27.7 Å². The molecule has 0 atom stereocenters. The summed E-state index contributed by atoms with van der Waals surface area (Å²) in [7, 11) is 0. The first-order valence-corrected chi connectivity index (χ1v) is 11.5. The molecule has 0 aliphatic rings. The third-order valence-corrected chi connectivity index (χ3v) is 6.91. The van der Waals surface area contributed by atoms with Crippen LogP contribution < -0.4 is 0 Å². The Hall–Kier alpha value is -3.38. The predicted octanol–water partition coefficient (Wildman–Crippen LogP) is 6.07. The molecule has 0 aliphatic carbocycles. The molecular weight excluding hydrogens is 434 g/mol. The molecule has 2 aromatic carbocycles. The molecule has 0 unspecified atom stereocenters. The maximum atomic E-state index is 6.25. The Kier molecular flexibility index (Phi) is 5.54. The number of fused-ring (bicyclic) bond motifs is 1. The highest BCUT2D eigenvalue weighted by Crippen LogP contribution is 2.30. The third kappa shape index (κ3) is 3.95. The van der Waals surface area contributed by atoms with Gasteiger partial charge in [-0.2, -0.15) is 5.10 Å². The number of benzene rings is 2. The van der Waals surface area contributed by atoms with Gasteiger partial charge in [0.1, 0.15) is 0 Å². The van der Waals surface area contributed by atoms with Gasteiger partial charge in [-0.05, 0) is 57.0 Å². The zero-order chi connectivity index (χ0) is 23.1. The van der Waals surface area contributed by atoms with Crippen molar-refractivity contribution in [2.45, 2.75) is 47.2 Å². The standard InChI is InChI=1S/C26H26ClN5O/c1-16-18(3)31(15-20-8-6-5-7-9-20)23-11-10-21(14-22(16)23)26-29-28-24(33-26)12-13-32-19(4)25(27)17(2)30-32/h5-11,14H,12-13,15H2,1-4H3. The van der Waals surface area contributed by atoms with E-state index in [0.29, 0.717) is 29.8 Å². The first-order chi connectivity index (χ1) is 15.9. The summed E-state index contributed by atoms with van der Waals surface area (Å²) in [5.41, 5.74) is 7.73. The van der Waals surface area contributed by atoms with Crippen LogP contribution in [0.3, 0.4) is 0 Å². The topological polar surface area (TPSA) is 61.7 Å². The largest absolute Gasteiger partial charge is 0.421 e. The molecule has 0 saturated carbocycles. The molecule has 0 saturated heterocycles. The van der Waals surface area contributed by atoms with Crippen LogP contribution in [0.5, 0.6) is 0 Å². The number of nitrogens with zero attached hydrogens (tertiary/aromatic N) is 5. The second-order valence-electron chi connectivity index (χ2n) is 8.47. The van der Waals surface area contributed by atoms with E-state index in [1.54, 1.807) is 0 Å². The third-order valence-electron chi connectivity index (χ3n) is 6.37. The van der Waals surface area contributed by atoms with E-state index in [0.717, 1.165) is 23.5 Å². The van der Waals surface area contributed by atoms with E-state index in [4.69, 9.17) is 16.0 Å². The van der Waals surface area contributed by atoms with Crippen LogP contribution in [0.2, 0.25) is 5.02 Å². The first-order valence-electron chi connectivity index (χ1n) is 11.1. The van der Waals surface area contributed by atoms with E-state index in [-0.39, 0.29) is 0 Å². The van der Waals surface area contributed by atoms with Gasteiger partial charge in [0, 0.05) is 41.7 Å². The van der Waals surface area contributed by atoms with E-state index in [9.17, 15) is 0 Å². The van der Waals surface area contributed by atoms with Crippen molar-refractivity contribution in [1.82, 2.24) is 24.5 Å². The van der Waals surface area contributed by atoms with Crippen LogP contribution in [0, 0.1) is 27.7 Å². The molecule has 168 valence electrons. The number of rotatable bonds is 6. The van der Waals surface area contributed by atoms with Crippen molar-refractivity contribution < 1.29 is 4.42 Å². The van der Waals surface area contributed by atoms with E-state index in [1.807, 2.05) is 24.6 Å². The summed E-state index contributed by atoms with van der Waals surface area (Å²) >= 11 is 6.25. The minimum Gasteiger partial charge on any atom is -0.421 e. The molecule has 5 aromatic rings. The summed E-state index contributed by atoms with van der Waals surface area (Å²) < 4.78 is 10.2. The Balaban J connectivity index is 1.40. The van der Waals surface area contributed by atoms with Gasteiger partial charge in [0.2, 0.25) is 11.8 Å². The predicted molar refractivity (Wildman–Crippen MR) is 131 cm³/mol. The molecule has 3 aromatic heterocycles. The van der Waals surface area contributed by atoms with Crippen LogP contribution in [0.25, 0.3) is 22.4 Å². The molecule has 0 radical (unpaired) electrons. The second kappa shape index (κ2) is 8.52. The lowest BCUT2D eigenvalue weighted by Crippen LogP contribution is -2.05. The van der Waals surface area contributed by atoms with Gasteiger partial charge in [0.25, 0.3) is 0 Å². The van der Waals surface area contributed by atoms with Gasteiger partial charge in [-0.25, -0.2) is 0 Å². The van der Waals surface area contributed by atoms with E-state index >= 15 is 0 Å². The molecule has 0 aliphatic heterocycles. The Bertz CT molecular complexity index is 1440. The van der Waals surface area contributed by atoms with Crippen molar-refractivity contribution in [3.05, 3.63) is 87.7 Å². The van der Waals surface area contributed by atoms with Crippen molar-refractivity contribution in [2.24, 2.45) is 0 Å². The Morgan fingerprint density at radius 1 is 0.939 bits per heavy atom. The fourth-order valence-corrected chi connectivity index (χ4v) is 4.45. The molecular formula is C26H26ClN5O. The maximum absolute atomic E-state index is 6.25. The van der Waals surface area contributed by atoms with Crippen LogP contribution in [-0.4, -0.2) is 24.5 Å². The van der Waals surface area contributed by atoms with Crippen molar-refractivity contribution >= 4 is 22.5 Å². The van der Waals surface area contributed by atoms with E-state index in [2.05, 4.69) is 76.2 Å². The van der Waals surface area contributed by atoms with Crippen molar-refractivity contribution in [3.63, 3.8) is 0 Å². The van der Waals surface area contributed by atoms with Crippen LogP contribution >= 0.6 is 11.6 Å². The Morgan fingerprint density at radius 3 is 2.45 bits per heavy atom. The van der Waals surface area contributed by atoms with Crippen molar-refractivity contribution in [3.8, 4) is 11.5 Å². The summed E-state index contributed by atoms with van der Waals surface area (Å²) in [5, 5.41) is 14.9. The van der Waals surface area contributed by atoms with Crippen molar-refractivity contribution in [2.75, 3.05) is 0 Å². The summed E-state index contributed by atoms with van der Waals surface area (Å²) in [6.45, 7) is 9.70. The molecule has 3 heterocycles. The maximum Gasteiger partial charge on any atom is 0.247 e. The van der Waals surface area contributed by atoms with Gasteiger partial charge in [-0.1, -0.05) is 41.9 Å². The average molecular weight is 460 g/mol. The number of hydrogen-bond acceptors (Lipinski definition) is 4. The quantitative estimate of drug-likeness (QED) is 0.309. The minimum absolute atomic E-state index is 0.533. The molecule has 0 amide bonds. The average Bonchev–Trinajstić information content (AvgIpc) is 3.47. The van der Waals surface area contributed by atoms with Crippen molar-refractivity contribution in [1.29, 1.82) is 0 Å². The SMILES string of the molecule is Cc1nn(CCc2nnc(-c3ccc4c(c3)c(C)c(C)n4Cc3ccccc3)o2)c(C)c1Cl. The lowest BCUT2D eigenvalue weighted by molar-refractivity contribution is 0.471. The van der Waals surface area contributed by atoms with Gasteiger partial charge in [0.15, 0.2) is 0 Å². The number of aromatic nitrogens is 5. The van der Waals surface area contributed by atoms with Gasteiger partial charge in [0.05, 0.1) is 16.4 Å². The molecule has 6 nitrogen and oxygen atoms in total. The monoisotopic (exact) mass is 459 g/mol. The lowest BCUT2D eigenvalue weighted by Gasteiger charge is -2.09. The molecule has 33 heavy (non-hydrogen) atoms. The lowest BCUT2D eigenvalue weighted by atomic mass is 10.1. The van der Waals surface area contributed by atoms with Gasteiger partial charge in [-0.15, -0.1) is 10.2 Å².